The van der Waals surface area contributed by atoms with Crippen molar-refractivity contribution >= 4 is 0 Å². The van der Waals surface area contributed by atoms with E-state index in [2.05, 4.69) is 46.6 Å². The van der Waals surface area contributed by atoms with Crippen molar-refractivity contribution in [3.63, 3.8) is 0 Å². The van der Waals surface area contributed by atoms with Crippen molar-refractivity contribution in [2.24, 2.45) is 11.8 Å². The van der Waals surface area contributed by atoms with E-state index < -0.39 is 0 Å². The highest BCUT2D eigenvalue weighted by Gasteiger charge is 2.55. The molecule has 3 rings (SSSR count). The molecule has 0 bridgehead atoms. The number of hydrogen-bond acceptors (Lipinski definition) is 3. The highest BCUT2D eigenvalue weighted by Crippen LogP contribution is 2.45. The Bertz CT molecular complexity index is 411. The smallest absolute Gasteiger partial charge is 0.0843 e. The standard InChI is InChI=1S/C14H17N3/c15-6-7-16-14-12-9-17(10-13(12)14)8-11-4-2-1-3-5-11/h1-5,12-14,16H,7-10H2. The minimum Gasteiger partial charge on any atom is -0.301 e. The molecular weight excluding hydrogens is 210 g/mol. The van der Waals surface area contributed by atoms with Crippen LogP contribution < -0.4 is 5.32 Å². The summed E-state index contributed by atoms with van der Waals surface area (Å²) in [6, 6.07) is 13.4. The van der Waals surface area contributed by atoms with Gasteiger partial charge in [0.25, 0.3) is 0 Å². The lowest BCUT2D eigenvalue weighted by atomic mass is 10.2. The monoisotopic (exact) mass is 227 g/mol. The summed E-state index contributed by atoms with van der Waals surface area (Å²) in [5.41, 5.74) is 1.40. The van der Waals surface area contributed by atoms with Gasteiger partial charge in [0.1, 0.15) is 0 Å². The fourth-order valence-corrected chi connectivity index (χ4v) is 3.05. The summed E-state index contributed by atoms with van der Waals surface area (Å²) >= 11 is 0. The molecule has 3 heteroatoms. The van der Waals surface area contributed by atoms with E-state index >= 15 is 0 Å². The van der Waals surface area contributed by atoms with Crippen molar-refractivity contribution in [3.05, 3.63) is 35.9 Å². The fraction of sp³-hybridized carbons (Fsp3) is 0.500. The molecule has 88 valence electrons. The highest BCUT2D eigenvalue weighted by atomic mass is 15.2. The van der Waals surface area contributed by atoms with E-state index in [-0.39, 0.29) is 0 Å². The predicted molar refractivity (Wildman–Crippen MR) is 66.1 cm³/mol. The molecule has 1 saturated heterocycles. The van der Waals surface area contributed by atoms with E-state index in [0.717, 1.165) is 18.4 Å². The van der Waals surface area contributed by atoms with Gasteiger partial charge in [0.2, 0.25) is 0 Å². The summed E-state index contributed by atoms with van der Waals surface area (Å²) in [6.07, 6.45) is 0. The Morgan fingerprint density at radius 2 is 1.94 bits per heavy atom. The molecule has 0 radical (unpaired) electrons. The van der Waals surface area contributed by atoms with Gasteiger partial charge >= 0.3 is 0 Å². The Hall–Kier alpha value is -1.37. The fourth-order valence-electron chi connectivity index (χ4n) is 3.05. The van der Waals surface area contributed by atoms with Crippen molar-refractivity contribution in [1.82, 2.24) is 10.2 Å². The van der Waals surface area contributed by atoms with E-state index in [1.54, 1.807) is 0 Å². The van der Waals surface area contributed by atoms with Gasteiger partial charge in [0, 0.05) is 25.7 Å². The topological polar surface area (TPSA) is 39.1 Å². The average molecular weight is 227 g/mol. The van der Waals surface area contributed by atoms with Crippen LogP contribution in [0.2, 0.25) is 0 Å². The van der Waals surface area contributed by atoms with Crippen LogP contribution in [0.4, 0.5) is 0 Å². The van der Waals surface area contributed by atoms with Gasteiger partial charge in [-0.2, -0.15) is 5.26 Å². The second kappa shape index (κ2) is 4.48. The second-order valence-corrected chi connectivity index (χ2v) is 5.07. The first-order valence-corrected chi connectivity index (χ1v) is 6.25. The number of nitriles is 1. The molecule has 1 saturated carbocycles. The average Bonchev–Trinajstić information content (AvgIpc) is 2.81. The maximum absolute atomic E-state index is 8.53. The first kappa shape index (κ1) is 10.8. The molecule has 2 unspecified atom stereocenters. The van der Waals surface area contributed by atoms with Crippen molar-refractivity contribution in [2.75, 3.05) is 19.6 Å². The Balaban J connectivity index is 1.48. The van der Waals surface area contributed by atoms with Crippen LogP contribution in [-0.4, -0.2) is 30.6 Å². The maximum atomic E-state index is 8.53. The van der Waals surface area contributed by atoms with Crippen LogP contribution in [0.5, 0.6) is 0 Å². The molecule has 0 amide bonds. The minimum atomic E-state index is 0.496. The molecule has 2 atom stereocenters. The van der Waals surface area contributed by atoms with Crippen molar-refractivity contribution < 1.29 is 0 Å². The zero-order valence-corrected chi connectivity index (χ0v) is 9.84. The lowest BCUT2D eigenvalue weighted by molar-refractivity contribution is 0.283. The van der Waals surface area contributed by atoms with Gasteiger partial charge in [-0.1, -0.05) is 30.3 Å². The van der Waals surface area contributed by atoms with Gasteiger partial charge in [-0.25, -0.2) is 0 Å². The molecule has 1 N–H and O–H groups in total. The summed E-state index contributed by atoms with van der Waals surface area (Å²) in [4.78, 5) is 2.52. The largest absolute Gasteiger partial charge is 0.301 e. The zero-order chi connectivity index (χ0) is 11.7. The number of rotatable bonds is 4. The van der Waals surface area contributed by atoms with Gasteiger partial charge in [-0.15, -0.1) is 0 Å². The molecule has 3 nitrogen and oxygen atoms in total. The minimum absolute atomic E-state index is 0.496. The Morgan fingerprint density at radius 1 is 1.24 bits per heavy atom. The van der Waals surface area contributed by atoms with Crippen LogP contribution >= 0.6 is 0 Å². The normalized spacial score (nSPS) is 30.9. The number of benzene rings is 1. The van der Waals surface area contributed by atoms with E-state index in [4.69, 9.17) is 5.26 Å². The Kier molecular flexibility index (Phi) is 2.84. The predicted octanol–water partition coefficient (Wildman–Crippen LogP) is 1.23. The van der Waals surface area contributed by atoms with Gasteiger partial charge < -0.3 is 5.32 Å². The second-order valence-electron chi connectivity index (χ2n) is 5.07. The van der Waals surface area contributed by atoms with Crippen molar-refractivity contribution in [3.8, 4) is 6.07 Å². The van der Waals surface area contributed by atoms with Crippen LogP contribution in [-0.2, 0) is 6.54 Å². The molecule has 1 aromatic carbocycles. The van der Waals surface area contributed by atoms with Crippen LogP contribution in [0.15, 0.2) is 30.3 Å². The van der Waals surface area contributed by atoms with E-state index in [1.165, 1.54) is 18.7 Å². The maximum Gasteiger partial charge on any atom is 0.0843 e. The molecule has 1 aliphatic carbocycles. The summed E-state index contributed by atoms with van der Waals surface area (Å²) in [5.74, 6) is 1.57. The number of likely N-dealkylation sites (tertiary alicyclic amines) is 1. The van der Waals surface area contributed by atoms with Gasteiger partial charge in [0.05, 0.1) is 12.6 Å². The SMILES string of the molecule is N#CCNC1C2CN(Cc3ccccc3)CC21. The summed E-state index contributed by atoms with van der Waals surface area (Å²) < 4.78 is 0. The lowest BCUT2D eigenvalue weighted by Gasteiger charge is -2.19. The molecule has 1 aliphatic heterocycles. The zero-order valence-electron chi connectivity index (χ0n) is 9.84. The molecule has 0 aromatic heterocycles. The molecule has 0 spiro atoms. The number of nitrogens with zero attached hydrogens (tertiary/aromatic N) is 2. The summed E-state index contributed by atoms with van der Waals surface area (Å²) in [7, 11) is 0. The third-order valence-electron chi connectivity index (χ3n) is 3.94. The van der Waals surface area contributed by atoms with Crippen molar-refractivity contribution in [2.45, 2.75) is 12.6 Å². The third-order valence-corrected chi connectivity index (χ3v) is 3.94. The van der Waals surface area contributed by atoms with E-state index in [1.807, 2.05) is 0 Å². The lowest BCUT2D eigenvalue weighted by Crippen LogP contribution is -2.31. The quantitative estimate of drug-likeness (QED) is 0.786. The van der Waals surface area contributed by atoms with E-state index in [9.17, 15) is 0 Å². The molecule has 1 heterocycles. The Morgan fingerprint density at radius 3 is 2.59 bits per heavy atom. The molecule has 2 fully saturated rings. The molecule has 1 aromatic rings. The highest BCUT2D eigenvalue weighted by molar-refractivity contribution is 5.17. The van der Waals surface area contributed by atoms with Gasteiger partial charge in [-0.05, 0) is 17.4 Å². The first-order valence-electron chi connectivity index (χ1n) is 6.25. The first-order chi connectivity index (χ1) is 8.38. The number of fused-ring (bicyclic) bond motifs is 1. The van der Waals surface area contributed by atoms with Gasteiger partial charge in [-0.3, -0.25) is 4.90 Å². The van der Waals surface area contributed by atoms with Crippen LogP contribution in [0.25, 0.3) is 0 Å². The summed E-state index contributed by atoms with van der Waals surface area (Å²) in [5, 5.41) is 11.8. The Labute approximate surface area is 102 Å². The van der Waals surface area contributed by atoms with Crippen LogP contribution in [0.1, 0.15) is 5.56 Å². The number of nitrogens with one attached hydrogen (secondary N) is 1. The van der Waals surface area contributed by atoms with Crippen LogP contribution in [0, 0.1) is 23.2 Å². The molecule has 17 heavy (non-hydrogen) atoms. The van der Waals surface area contributed by atoms with Crippen molar-refractivity contribution in [1.29, 1.82) is 5.26 Å². The van der Waals surface area contributed by atoms with Gasteiger partial charge in [0.15, 0.2) is 0 Å². The summed E-state index contributed by atoms with van der Waals surface area (Å²) in [6.45, 7) is 3.93. The number of hydrogen-bond donors (Lipinski definition) is 1. The van der Waals surface area contributed by atoms with E-state index in [0.29, 0.717) is 12.6 Å². The molecular formula is C14H17N3. The third kappa shape index (κ3) is 2.19. The number of piperidine rings is 1. The molecule has 2 aliphatic rings. The van der Waals surface area contributed by atoms with Crippen LogP contribution in [0.3, 0.4) is 0 Å².